The van der Waals surface area contributed by atoms with Gasteiger partial charge in [-0.25, -0.2) is 4.39 Å². The van der Waals surface area contributed by atoms with E-state index in [9.17, 15) is 18.8 Å². The largest absolute Gasteiger partial charge is 0.384 e. The van der Waals surface area contributed by atoms with Crippen molar-refractivity contribution in [2.24, 2.45) is 0 Å². The molecule has 1 aromatic heterocycles. The fourth-order valence-corrected chi connectivity index (χ4v) is 3.56. The standard InChI is InChI=1S/C18H18FN5O3/c1-22-5-7-23(8-6-22)15-11(19)3-2-4-12(15)24-13(25)9-10-14(16(24)20)18(27)21-17(10)26/h2-4,9H,5-8,20H2,1H3,(H,21,26,27). The Bertz CT molecular complexity index is 1020. The molecule has 2 aliphatic heterocycles. The molecular weight excluding hydrogens is 353 g/mol. The monoisotopic (exact) mass is 371 g/mol. The van der Waals surface area contributed by atoms with Gasteiger partial charge in [-0.1, -0.05) is 6.07 Å². The fraction of sp³-hybridized carbons (Fsp3) is 0.278. The zero-order valence-electron chi connectivity index (χ0n) is 14.7. The zero-order valence-corrected chi connectivity index (χ0v) is 14.7. The third kappa shape index (κ3) is 2.67. The molecule has 0 spiro atoms. The number of imide groups is 1. The van der Waals surface area contributed by atoms with Crippen LogP contribution in [-0.4, -0.2) is 54.5 Å². The third-order valence-corrected chi connectivity index (χ3v) is 4.98. The van der Waals surface area contributed by atoms with Crippen molar-refractivity contribution in [2.45, 2.75) is 0 Å². The average Bonchev–Trinajstić information content (AvgIpc) is 2.90. The molecule has 140 valence electrons. The molecular formula is C18H18FN5O3. The lowest BCUT2D eigenvalue weighted by Crippen LogP contribution is -2.45. The van der Waals surface area contributed by atoms with Crippen molar-refractivity contribution in [3.05, 3.63) is 51.6 Å². The number of hydrogen-bond acceptors (Lipinski definition) is 6. The molecule has 2 aromatic rings. The molecule has 1 saturated heterocycles. The summed E-state index contributed by atoms with van der Waals surface area (Å²) in [6, 6.07) is 5.44. The number of nitrogens with zero attached hydrogens (tertiary/aromatic N) is 3. The van der Waals surface area contributed by atoms with Crippen LogP contribution in [0.5, 0.6) is 0 Å². The molecule has 8 nitrogen and oxygen atoms in total. The van der Waals surface area contributed by atoms with E-state index in [0.717, 1.165) is 23.7 Å². The maximum absolute atomic E-state index is 14.7. The number of carbonyl (C=O) groups excluding carboxylic acids is 2. The number of pyridine rings is 1. The van der Waals surface area contributed by atoms with E-state index in [-0.39, 0.29) is 28.3 Å². The summed E-state index contributed by atoms with van der Waals surface area (Å²) < 4.78 is 15.8. The van der Waals surface area contributed by atoms with Gasteiger partial charge in [-0.05, 0) is 19.2 Å². The summed E-state index contributed by atoms with van der Waals surface area (Å²) in [6.45, 7) is 2.67. The number of benzene rings is 1. The van der Waals surface area contributed by atoms with E-state index in [1.165, 1.54) is 12.1 Å². The minimum atomic E-state index is -0.668. The van der Waals surface area contributed by atoms with Gasteiger partial charge in [-0.3, -0.25) is 24.3 Å². The molecule has 27 heavy (non-hydrogen) atoms. The summed E-state index contributed by atoms with van der Waals surface area (Å²) in [6.07, 6.45) is 0. The highest BCUT2D eigenvalue weighted by atomic mass is 19.1. The molecule has 0 bridgehead atoms. The molecule has 0 aliphatic carbocycles. The predicted octanol–water partition coefficient (Wildman–Crippen LogP) is 0.194. The summed E-state index contributed by atoms with van der Waals surface area (Å²) in [7, 11) is 1.98. The van der Waals surface area contributed by atoms with Gasteiger partial charge in [-0.2, -0.15) is 0 Å². The third-order valence-electron chi connectivity index (χ3n) is 4.98. The Morgan fingerprint density at radius 2 is 1.78 bits per heavy atom. The van der Waals surface area contributed by atoms with E-state index in [0.29, 0.717) is 13.1 Å². The SMILES string of the molecule is CN1CCN(c2c(F)cccc2-n2c(N)c3c(cc2=O)C(=O)NC3=O)CC1. The number of hydrogen-bond donors (Lipinski definition) is 2. The normalized spacial score (nSPS) is 17.2. The van der Waals surface area contributed by atoms with Crippen LogP contribution in [0.25, 0.3) is 5.69 Å². The number of nitrogen functional groups attached to an aromatic ring is 1. The number of nitrogens with one attached hydrogen (secondary N) is 1. The van der Waals surface area contributed by atoms with Gasteiger partial charge in [0.1, 0.15) is 11.6 Å². The Morgan fingerprint density at radius 1 is 1.07 bits per heavy atom. The van der Waals surface area contributed by atoms with E-state index in [4.69, 9.17) is 5.73 Å². The molecule has 3 heterocycles. The highest BCUT2D eigenvalue weighted by Crippen LogP contribution is 2.31. The Kier molecular flexibility index (Phi) is 3.96. The lowest BCUT2D eigenvalue weighted by atomic mass is 10.1. The van der Waals surface area contributed by atoms with Crippen molar-refractivity contribution in [3.8, 4) is 5.69 Å². The first-order valence-electron chi connectivity index (χ1n) is 8.52. The molecule has 2 aliphatic rings. The fourth-order valence-electron chi connectivity index (χ4n) is 3.56. The van der Waals surface area contributed by atoms with Crippen LogP contribution in [0.3, 0.4) is 0 Å². The van der Waals surface area contributed by atoms with Gasteiger partial charge in [0.05, 0.1) is 22.5 Å². The van der Waals surface area contributed by atoms with Crippen molar-refractivity contribution >= 4 is 23.3 Å². The number of nitrogens with two attached hydrogens (primary N) is 1. The topological polar surface area (TPSA) is 101 Å². The van der Waals surface area contributed by atoms with Gasteiger partial charge >= 0.3 is 0 Å². The van der Waals surface area contributed by atoms with Crippen LogP contribution in [0.1, 0.15) is 20.7 Å². The summed E-state index contributed by atoms with van der Waals surface area (Å²) in [5.74, 6) is -1.99. The Labute approximate surface area is 154 Å². The first-order chi connectivity index (χ1) is 12.9. The number of anilines is 2. The van der Waals surface area contributed by atoms with E-state index in [1.54, 1.807) is 6.07 Å². The van der Waals surface area contributed by atoms with Crippen LogP contribution < -0.4 is 21.5 Å². The van der Waals surface area contributed by atoms with Gasteiger partial charge in [0.15, 0.2) is 0 Å². The van der Waals surface area contributed by atoms with Crippen LogP contribution in [-0.2, 0) is 0 Å². The molecule has 0 radical (unpaired) electrons. The number of fused-ring (bicyclic) bond motifs is 1. The van der Waals surface area contributed by atoms with Gasteiger partial charge in [0.2, 0.25) is 0 Å². The van der Waals surface area contributed by atoms with E-state index < -0.39 is 23.2 Å². The van der Waals surface area contributed by atoms with E-state index >= 15 is 0 Å². The molecule has 0 saturated carbocycles. The van der Waals surface area contributed by atoms with Crippen LogP contribution in [0.4, 0.5) is 15.9 Å². The van der Waals surface area contributed by atoms with Crippen molar-refractivity contribution in [3.63, 3.8) is 0 Å². The smallest absolute Gasteiger partial charge is 0.262 e. The second-order valence-corrected chi connectivity index (χ2v) is 6.67. The Morgan fingerprint density at radius 3 is 2.48 bits per heavy atom. The number of aromatic nitrogens is 1. The maximum Gasteiger partial charge on any atom is 0.262 e. The minimum absolute atomic E-state index is 0.0590. The average molecular weight is 371 g/mol. The summed E-state index contributed by atoms with van der Waals surface area (Å²) >= 11 is 0. The molecule has 1 aromatic carbocycles. The van der Waals surface area contributed by atoms with Gasteiger partial charge in [0.25, 0.3) is 17.4 Å². The zero-order chi connectivity index (χ0) is 19.3. The first kappa shape index (κ1) is 17.2. The number of likely N-dealkylation sites (N-methyl/N-ethyl adjacent to an activating group) is 1. The molecule has 4 rings (SSSR count). The first-order valence-corrected chi connectivity index (χ1v) is 8.52. The maximum atomic E-state index is 14.7. The van der Waals surface area contributed by atoms with E-state index in [2.05, 4.69) is 10.2 Å². The molecule has 1 fully saturated rings. The van der Waals surface area contributed by atoms with Crippen LogP contribution in [0, 0.1) is 5.82 Å². The predicted molar refractivity (Wildman–Crippen MR) is 97.9 cm³/mol. The lowest BCUT2D eigenvalue weighted by Gasteiger charge is -2.35. The van der Waals surface area contributed by atoms with Crippen LogP contribution in [0.15, 0.2) is 29.1 Å². The summed E-state index contributed by atoms with van der Waals surface area (Å²) in [5.41, 5.74) is 5.87. The number of rotatable bonds is 2. The quantitative estimate of drug-likeness (QED) is 0.731. The van der Waals surface area contributed by atoms with Gasteiger partial charge in [0, 0.05) is 32.2 Å². The van der Waals surface area contributed by atoms with Crippen LogP contribution >= 0.6 is 0 Å². The Balaban J connectivity index is 1.92. The lowest BCUT2D eigenvalue weighted by molar-refractivity contribution is 0.0880. The van der Waals surface area contributed by atoms with E-state index in [1.807, 2.05) is 11.9 Å². The van der Waals surface area contributed by atoms with Crippen molar-refractivity contribution in [1.29, 1.82) is 0 Å². The molecule has 9 heteroatoms. The molecule has 0 atom stereocenters. The highest BCUT2D eigenvalue weighted by molar-refractivity contribution is 6.23. The number of amides is 2. The number of piperazine rings is 1. The van der Waals surface area contributed by atoms with Crippen molar-refractivity contribution < 1.29 is 14.0 Å². The summed E-state index contributed by atoms with van der Waals surface area (Å²) in [4.78, 5) is 40.6. The molecule has 3 N–H and O–H groups in total. The van der Waals surface area contributed by atoms with Crippen LogP contribution in [0.2, 0.25) is 0 Å². The number of halogens is 1. The number of para-hydroxylation sites is 1. The summed E-state index contributed by atoms with van der Waals surface area (Å²) in [5, 5.41) is 2.12. The number of carbonyl (C=O) groups is 2. The van der Waals surface area contributed by atoms with Crippen molar-refractivity contribution in [1.82, 2.24) is 14.8 Å². The van der Waals surface area contributed by atoms with Gasteiger partial charge in [-0.15, -0.1) is 0 Å². The second kappa shape index (κ2) is 6.20. The molecule has 0 unspecified atom stereocenters. The van der Waals surface area contributed by atoms with Gasteiger partial charge < -0.3 is 15.5 Å². The Hall–Kier alpha value is -3.20. The molecule has 2 amide bonds. The van der Waals surface area contributed by atoms with Crippen molar-refractivity contribution in [2.75, 3.05) is 43.9 Å². The second-order valence-electron chi connectivity index (χ2n) is 6.67. The highest BCUT2D eigenvalue weighted by Gasteiger charge is 2.33. The minimum Gasteiger partial charge on any atom is -0.384 e.